The minimum absolute atomic E-state index is 0.0682. The van der Waals surface area contributed by atoms with Crippen LogP contribution in [0.1, 0.15) is 27.0 Å². The van der Waals surface area contributed by atoms with Crippen molar-refractivity contribution in [1.29, 1.82) is 0 Å². The Bertz CT molecular complexity index is 678. The molecule has 4 nitrogen and oxygen atoms in total. The molecule has 1 aromatic heterocycles. The number of benzene rings is 1. The number of rotatable bonds is 3. The van der Waals surface area contributed by atoms with Crippen LogP contribution in [-0.2, 0) is 6.54 Å². The molecule has 0 atom stereocenters. The lowest BCUT2D eigenvalue weighted by Gasteiger charge is -2.17. The standard InChI is InChI=1S/C17H17NO3/c1-13-5-6-14(4-3-8-19)10-16(13)17(20)18(2)11-15-7-9-21-12-15/h5-7,9-10,12,19H,8,11H2,1-2H3. The summed E-state index contributed by atoms with van der Waals surface area (Å²) >= 11 is 0. The number of aliphatic hydroxyl groups excluding tert-OH is 1. The van der Waals surface area contributed by atoms with Crippen LogP contribution in [0.3, 0.4) is 0 Å². The number of nitrogens with zero attached hydrogens (tertiary/aromatic N) is 1. The molecule has 1 heterocycles. The third kappa shape index (κ3) is 3.74. The molecule has 2 rings (SSSR count). The fraction of sp³-hybridized carbons (Fsp3) is 0.235. The smallest absolute Gasteiger partial charge is 0.254 e. The molecule has 0 saturated heterocycles. The van der Waals surface area contributed by atoms with Gasteiger partial charge >= 0.3 is 0 Å². The van der Waals surface area contributed by atoms with E-state index >= 15 is 0 Å². The van der Waals surface area contributed by atoms with Crippen LogP contribution in [0.2, 0.25) is 0 Å². The Labute approximate surface area is 124 Å². The number of hydrogen-bond donors (Lipinski definition) is 1. The van der Waals surface area contributed by atoms with Crippen LogP contribution in [-0.4, -0.2) is 29.6 Å². The van der Waals surface area contributed by atoms with Crippen LogP contribution >= 0.6 is 0 Å². The summed E-state index contributed by atoms with van der Waals surface area (Å²) < 4.78 is 5.01. The number of aryl methyl sites for hydroxylation is 1. The minimum atomic E-state index is -0.197. The predicted octanol–water partition coefficient (Wildman–Crippen LogP) is 2.20. The second-order valence-electron chi connectivity index (χ2n) is 4.78. The molecule has 0 fully saturated rings. The maximum Gasteiger partial charge on any atom is 0.254 e. The van der Waals surface area contributed by atoms with Crippen molar-refractivity contribution < 1.29 is 14.3 Å². The van der Waals surface area contributed by atoms with Gasteiger partial charge in [-0.25, -0.2) is 0 Å². The van der Waals surface area contributed by atoms with Gasteiger partial charge in [-0.3, -0.25) is 4.79 Å². The summed E-state index contributed by atoms with van der Waals surface area (Å²) in [5.74, 6) is 5.33. The maximum absolute atomic E-state index is 12.5. The molecule has 1 N–H and O–H groups in total. The van der Waals surface area contributed by atoms with Gasteiger partial charge < -0.3 is 14.4 Å². The summed E-state index contributed by atoms with van der Waals surface area (Å²) in [5, 5.41) is 8.73. The molecule has 1 amide bonds. The van der Waals surface area contributed by atoms with Crippen LogP contribution in [0.25, 0.3) is 0 Å². The predicted molar refractivity (Wildman–Crippen MR) is 79.6 cm³/mol. The number of amides is 1. The molecular weight excluding hydrogens is 266 g/mol. The minimum Gasteiger partial charge on any atom is -0.472 e. The quantitative estimate of drug-likeness (QED) is 0.879. The second-order valence-corrected chi connectivity index (χ2v) is 4.78. The number of furan rings is 1. The van der Waals surface area contributed by atoms with Crippen molar-refractivity contribution >= 4 is 5.91 Å². The zero-order valence-corrected chi connectivity index (χ0v) is 12.1. The SMILES string of the molecule is Cc1ccc(C#CCO)cc1C(=O)N(C)Cc1ccoc1. The summed E-state index contributed by atoms with van der Waals surface area (Å²) in [6, 6.07) is 7.29. The second kappa shape index (κ2) is 6.78. The van der Waals surface area contributed by atoms with E-state index in [2.05, 4.69) is 11.8 Å². The third-order valence-electron chi connectivity index (χ3n) is 3.13. The first-order chi connectivity index (χ1) is 10.1. The van der Waals surface area contributed by atoms with Gasteiger partial charge in [-0.15, -0.1) is 0 Å². The molecule has 0 spiro atoms. The van der Waals surface area contributed by atoms with Crippen molar-refractivity contribution in [1.82, 2.24) is 4.90 Å². The topological polar surface area (TPSA) is 53.7 Å². The third-order valence-corrected chi connectivity index (χ3v) is 3.13. The van der Waals surface area contributed by atoms with E-state index in [9.17, 15) is 4.79 Å². The summed E-state index contributed by atoms with van der Waals surface area (Å²) in [5.41, 5.74) is 3.17. The highest BCUT2D eigenvalue weighted by molar-refractivity contribution is 5.95. The Kier molecular flexibility index (Phi) is 4.81. The Hall–Kier alpha value is -2.51. The lowest BCUT2D eigenvalue weighted by atomic mass is 10.0. The average Bonchev–Trinajstić information content (AvgIpc) is 2.98. The zero-order chi connectivity index (χ0) is 15.2. The van der Waals surface area contributed by atoms with E-state index in [0.717, 1.165) is 16.7 Å². The lowest BCUT2D eigenvalue weighted by molar-refractivity contribution is 0.0784. The summed E-state index contributed by atoms with van der Waals surface area (Å²) in [6.45, 7) is 2.18. The molecule has 21 heavy (non-hydrogen) atoms. The highest BCUT2D eigenvalue weighted by Gasteiger charge is 2.15. The zero-order valence-electron chi connectivity index (χ0n) is 12.1. The van der Waals surface area contributed by atoms with Gasteiger partial charge in [0, 0.05) is 30.3 Å². The van der Waals surface area contributed by atoms with Crippen molar-refractivity contribution in [3.63, 3.8) is 0 Å². The van der Waals surface area contributed by atoms with Crippen molar-refractivity contribution in [3.8, 4) is 11.8 Å². The van der Waals surface area contributed by atoms with E-state index in [-0.39, 0.29) is 12.5 Å². The van der Waals surface area contributed by atoms with Crippen LogP contribution in [0.4, 0.5) is 0 Å². The van der Waals surface area contributed by atoms with Gasteiger partial charge in [0.1, 0.15) is 6.61 Å². The van der Waals surface area contributed by atoms with E-state index in [1.54, 1.807) is 30.5 Å². The van der Waals surface area contributed by atoms with Gasteiger partial charge in [-0.05, 0) is 30.7 Å². The van der Waals surface area contributed by atoms with Crippen LogP contribution < -0.4 is 0 Å². The fourth-order valence-electron chi connectivity index (χ4n) is 2.01. The van der Waals surface area contributed by atoms with E-state index in [0.29, 0.717) is 12.1 Å². The van der Waals surface area contributed by atoms with Gasteiger partial charge in [0.2, 0.25) is 0 Å². The van der Waals surface area contributed by atoms with Gasteiger partial charge in [0.05, 0.1) is 12.5 Å². The first kappa shape index (κ1) is 14.9. The molecule has 0 radical (unpaired) electrons. The highest BCUT2D eigenvalue weighted by Crippen LogP contribution is 2.14. The first-order valence-corrected chi connectivity index (χ1v) is 6.58. The Morgan fingerprint density at radius 2 is 2.19 bits per heavy atom. The maximum atomic E-state index is 12.5. The number of carbonyl (C=O) groups is 1. The highest BCUT2D eigenvalue weighted by atomic mass is 16.3. The number of aliphatic hydroxyl groups is 1. The van der Waals surface area contributed by atoms with Crippen molar-refractivity contribution in [2.24, 2.45) is 0 Å². The van der Waals surface area contributed by atoms with Gasteiger partial charge in [0.25, 0.3) is 5.91 Å². The van der Waals surface area contributed by atoms with Crippen LogP contribution in [0, 0.1) is 18.8 Å². The van der Waals surface area contributed by atoms with Crippen LogP contribution in [0.5, 0.6) is 0 Å². The molecule has 0 aliphatic heterocycles. The summed E-state index contributed by atoms with van der Waals surface area (Å²) in [4.78, 5) is 14.2. The van der Waals surface area contributed by atoms with E-state index in [4.69, 9.17) is 9.52 Å². The Balaban J connectivity index is 2.21. The van der Waals surface area contributed by atoms with Gasteiger partial charge in [-0.2, -0.15) is 0 Å². The first-order valence-electron chi connectivity index (χ1n) is 6.58. The van der Waals surface area contributed by atoms with E-state index in [1.807, 2.05) is 25.1 Å². The van der Waals surface area contributed by atoms with Gasteiger partial charge in [-0.1, -0.05) is 17.9 Å². The molecule has 4 heteroatoms. The number of hydrogen-bond acceptors (Lipinski definition) is 3. The summed E-state index contributed by atoms with van der Waals surface area (Å²) in [7, 11) is 1.75. The molecular formula is C17H17NO3. The van der Waals surface area contributed by atoms with E-state index in [1.165, 1.54) is 0 Å². The van der Waals surface area contributed by atoms with Crippen LogP contribution in [0.15, 0.2) is 41.2 Å². The van der Waals surface area contributed by atoms with E-state index < -0.39 is 0 Å². The lowest BCUT2D eigenvalue weighted by Crippen LogP contribution is -2.26. The molecule has 2 aromatic rings. The monoisotopic (exact) mass is 283 g/mol. The Morgan fingerprint density at radius 3 is 2.86 bits per heavy atom. The van der Waals surface area contributed by atoms with Crippen molar-refractivity contribution in [2.45, 2.75) is 13.5 Å². The van der Waals surface area contributed by atoms with Crippen molar-refractivity contribution in [3.05, 3.63) is 59.0 Å². The normalized spacial score (nSPS) is 9.86. The summed E-state index contributed by atoms with van der Waals surface area (Å²) in [6.07, 6.45) is 3.21. The average molecular weight is 283 g/mol. The van der Waals surface area contributed by atoms with Crippen molar-refractivity contribution in [2.75, 3.05) is 13.7 Å². The van der Waals surface area contributed by atoms with Gasteiger partial charge in [0.15, 0.2) is 0 Å². The molecule has 0 aliphatic rings. The fourth-order valence-corrected chi connectivity index (χ4v) is 2.01. The number of carbonyl (C=O) groups excluding carboxylic acids is 1. The Morgan fingerprint density at radius 1 is 1.38 bits per heavy atom. The molecule has 0 unspecified atom stereocenters. The molecule has 0 saturated carbocycles. The molecule has 0 bridgehead atoms. The molecule has 1 aromatic carbocycles. The largest absolute Gasteiger partial charge is 0.472 e. The molecule has 0 aliphatic carbocycles. The molecule has 108 valence electrons.